The van der Waals surface area contributed by atoms with Crippen LogP contribution in [0.4, 0.5) is 18.9 Å². The number of sulfonamides is 1. The Morgan fingerprint density at radius 2 is 1.92 bits per heavy atom. The molecule has 0 unspecified atom stereocenters. The van der Waals surface area contributed by atoms with Gasteiger partial charge in [0.25, 0.3) is 15.9 Å². The summed E-state index contributed by atoms with van der Waals surface area (Å²) in [5.41, 5.74) is 0.00234. The molecule has 2 N–H and O–H groups in total. The number of carbonyl (C=O) groups is 1. The van der Waals surface area contributed by atoms with Gasteiger partial charge in [0.2, 0.25) is 0 Å². The maximum absolute atomic E-state index is 12.2. The van der Waals surface area contributed by atoms with Crippen molar-refractivity contribution in [3.8, 4) is 0 Å². The summed E-state index contributed by atoms with van der Waals surface area (Å²) >= 11 is 1.08. The summed E-state index contributed by atoms with van der Waals surface area (Å²) in [7, 11) is -3.81. The van der Waals surface area contributed by atoms with Crippen molar-refractivity contribution in [3.63, 3.8) is 0 Å². The lowest BCUT2D eigenvalue weighted by Gasteiger charge is -2.10. The third kappa shape index (κ3) is 4.96. The van der Waals surface area contributed by atoms with Gasteiger partial charge in [-0.1, -0.05) is 6.07 Å². The second-order valence-corrected chi connectivity index (χ2v) is 8.05. The van der Waals surface area contributed by atoms with Gasteiger partial charge < -0.3 is 5.32 Å². The molecule has 2 aromatic rings. The SMILES string of the molecule is Cc1ccc(S(=O)(=O)Nc2cccc(C(=O)NCC(F)(F)F)c2)s1. The first kappa shape index (κ1) is 18.3. The standard InChI is InChI=1S/C14H13F3N2O3S2/c1-9-5-6-12(23-9)24(21,22)19-11-4-2-3-10(7-11)13(20)18-8-14(15,16)17/h2-7,19H,8H2,1H3,(H,18,20). The van der Waals surface area contributed by atoms with Gasteiger partial charge in [-0.2, -0.15) is 13.2 Å². The molecule has 0 aliphatic heterocycles. The molecule has 0 aliphatic rings. The lowest BCUT2D eigenvalue weighted by Crippen LogP contribution is -2.33. The monoisotopic (exact) mass is 378 g/mol. The van der Waals surface area contributed by atoms with Crippen LogP contribution in [0, 0.1) is 6.92 Å². The van der Waals surface area contributed by atoms with Crippen LogP contribution in [0.25, 0.3) is 0 Å². The number of anilines is 1. The number of nitrogens with one attached hydrogen (secondary N) is 2. The Morgan fingerprint density at radius 1 is 1.21 bits per heavy atom. The van der Waals surface area contributed by atoms with Crippen LogP contribution in [0.5, 0.6) is 0 Å². The number of rotatable bonds is 5. The Balaban J connectivity index is 2.14. The van der Waals surface area contributed by atoms with Gasteiger partial charge in [-0.15, -0.1) is 11.3 Å². The van der Waals surface area contributed by atoms with E-state index in [4.69, 9.17) is 0 Å². The highest BCUT2D eigenvalue weighted by Crippen LogP contribution is 2.23. The van der Waals surface area contributed by atoms with Gasteiger partial charge in [-0.05, 0) is 37.3 Å². The van der Waals surface area contributed by atoms with Crippen molar-refractivity contribution in [2.75, 3.05) is 11.3 Å². The van der Waals surface area contributed by atoms with Gasteiger partial charge >= 0.3 is 6.18 Å². The van der Waals surface area contributed by atoms with Crippen LogP contribution in [0.1, 0.15) is 15.2 Å². The molecule has 0 radical (unpaired) electrons. The van der Waals surface area contributed by atoms with E-state index < -0.39 is 28.7 Å². The maximum atomic E-state index is 12.2. The average molecular weight is 378 g/mol. The van der Waals surface area contributed by atoms with E-state index in [0.29, 0.717) is 0 Å². The minimum absolute atomic E-state index is 0.0817. The first-order chi connectivity index (χ1) is 11.1. The second kappa shape index (κ2) is 6.81. The number of amides is 1. The van der Waals surface area contributed by atoms with Crippen LogP contribution < -0.4 is 10.0 Å². The molecule has 10 heteroatoms. The van der Waals surface area contributed by atoms with E-state index in [1.54, 1.807) is 18.3 Å². The molecule has 1 heterocycles. The van der Waals surface area contributed by atoms with Crippen LogP contribution in [0.15, 0.2) is 40.6 Å². The van der Waals surface area contributed by atoms with E-state index in [1.807, 2.05) is 0 Å². The number of halogens is 3. The molecule has 0 saturated carbocycles. The van der Waals surface area contributed by atoms with Crippen molar-refractivity contribution >= 4 is 33.0 Å². The highest BCUT2D eigenvalue weighted by molar-refractivity contribution is 7.94. The summed E-state index contributed by atoms with van der Waals surface area (Å²) in [5, 5.41) is 1.72. The third-order valence-corrected chi connectivity index (χ3v) is 5.68. The summed E-state index contributed by atoms with van der Waals surface area (Å²) in [5.74, 6) is -0.944. The zero-order valence-electron chi connectivity index (χ0n) is 12.3. The molecule has 1 amide bonds. The van der Waals surface area contributed by atoms with E-state index in [0.717, 1.165) is 16.2 Å². The van der Waals surface area contributed by atoms with E-state index in [-0.39, 0.29) is 15.5 Å². The molecular weight excluding hydrogens is 365 g/mol. The molecule has 0 fully saturated rings. The Labute approximate surface area is 140 Å². The van der Waals surface area contributed by atoms with Crippen molar-refractivity contribution in [2.45, 2.75) is 17.3 Å². The van der Waals surface area contributed by atoms with Crippen molar-refractivity contribution < 1.29 is 26.4 Å². The summed E-state index contributed by atoms with van der Waals surface area (Å²) in [6.45, 7) is 0.297. The first-order valence-electron chi connectivity index (χ1n) is 6.61. The molecule has 24 heavy (non-hydrogen) atoms. The van der Waals surface area contributed by atoms with Crippen LogP contribution in [-0.2, 0) is 10.0 Å². The predicted molar refractivity (Wildman–Crippen MR) is 84.7 cm³/mol. The molecule has 130 valence electrons. The van der Waals surface area contributed by atoms with E-state index in [9.17, 15) is 26.4 Å². The number of alkyl halides is 3. The Bertz CT molecular complexity index is 845. The van der Waals surface area contributed by atoms with Gasteiger partial charge in [-0.25, -0.2) is 8.42 Å². The fourth-order valence-corrected chi connectivity index (χ4v) is 4.10. The molecule has 5 nitrogen and oxygen atoms in total. The number of hydrogen-bond donors (Lipinski definition) is 2. The highest BCUT2D eigenvalue weighted by Gasteiger charge is 2.28. The van der Waals surface area contributed by atoms with Crippen LogP contribution >= 0.6 is 11.3 Å². The zero-order valence-corrected chi connectivity index (χ0v) is 14.0. The number of aryl methyl sites for hydroxylation is 1. The first-order valence-corrected chi connectivity index (χ1v) is 8.91. The molecular formula is C14H13F3N2O3S2. The van der Waals surface area contributed by atoms with Crippen LogP contribution in [0.2, 0.25) is 0 Å². The topological polar surface area (TPSA) is 75.3 Å². The van der Waals surface area contributed by atoms with Gasteiger partial charge in [0.05, 0.1) is 0 Å². The van der Waals surface area contributed by atoms with Crippen molar-refractivity contribution in [1.29, 1.82) is 0 Å². The zero-order chi connectivity index (χ0) is 18.0. The number of carbonyl (C=O) groups excluding carboxylic acids is 1. The van der Waals surface area contributed by atoms with Gasteiger partial charge in [0.15, 0.2) is 0 Å². The lowest BCUT2D eigenvalue weighted by atomic mass is 10.2. The largest absolute Gasteiger partial charge is 0.405 e. The Morgan fingerprint density at radius 3 is 2.50 bits per heavy atom. The van der Waals surface area contributed by atoms with E-state index in [2.05, 4.69) is 4.72 Å². The van der Waals surface area contributed by atoms with Crippen molar-refractivity contribution in [3.05, 3.63) is 46.8 Å². The third-order valence-electron chi connectivity index (χ3n) is 2.81. The van der Waals surface area contributed by atoms with E-state index in [1.165, 1.54) is 30.3 Å². The quantitative estimate of drug-likeness (QED) is 0.839. The normalized spacial score (nSPS) is 12.0. The number of benzene rings is 1. The summed E-state index contributed by atoms with van der Waals surface area (Å²) in [4.78, 5) is 12.5. The average Bonchev–Trinajstić information content (AvgIpc) is 2.91. The second-order valence-electron chi connectivity index (χ2n) is 4.85. The predicted octanol–water partition coefficient (Wildman–Crippen LogP) is 3.15. The van der Waals surface area contributed by atoms with E-state index >= 15 is 0 Å². The fraction of sp³-hybridized carbons (Fsp3) is 0.214. The van der Waals surface area contributed by atoms with Crippen molar-refractivity contribution in [1.82, 2.24) is 5.32 Å². The number of hydrogen-bond acceptors (Lipinski definition) is 4. The maximum Gasteiger partial charge on any atom is 0.405 e. The summed E-state index contributed by atoms with van der Waals surface area (Å²) < 4.78 is 63.2. The van der Waals surface area contributed by atoms with Crippen LogP contribution in [-0.4, -0.2) is 27.0 Å². The minimum Gasteiger partial charge on any atom is -0.343 e. The summed E-state index contributed by atoms with van der Waals surface area (Å²) in [6, 6.07) is 8.34. The molecule has 2 rings (SSSR count). The smallest absolute Gasteiger partial charge is 0.343 e. The molecule has 0 saturated heterocycles. The van der Waals surface area contributed by atoms with Gasteiger partial charge in [-0.3, -0.25) is 9.52 Å². The summed E-state index contributed by atoms with van der Waals surface area (Å²) in [6.07, 6.45) is -4.52. The van der Waals surface area contributed by atoms with Gasteiger partial charge in [0.1, 0.15) is 10.8 Å². The molecule has 0 aliphatic carbocycles. The lowest BCUT2D eigenvalue weighted by molar-refractivity contribution is -0.123. The molecule has 0 bridgehead atoms. The Kier molecular flexibility index (Phi) is 5.19. The number of thiophene rings is 1. The van der Waals surface area contributed by atoms with Crippen molar-refractivity contribution in [2.24, 2.45) is 0 Å². The fourth-order valence-electron chi connectivity index (χ4n) is 1.77. The molecule has 1 aromatic carbocycles. The minimum atomic E-state index is -4.52. The molecule has 0 spiro atoms. The van der Waals surface area contributed by atoms with Gasteiger partial charge in [0, 0.05) is 16.1 Å². The Hall–Kier alpha value is -2.07. The highest BCUT2D eigenvalue weighted by atomic mass is 32.2. The molecule has 0 atom stereocenters. The van der Waals surface area contributed by atoms with Crippen LogP contribution in [0.3, 0.4) is 0 Å². The molecule has 1 aromatic heterocycles.